The molecule has 0 saturated carbocycles. The first kappa shape index (κ1) is 8.74. The molecule has 3 nitrogen and oxygen atoms in total. The van der Waals surface area contributed by atoms with Crippen LogP contribution in [0.2, 0.25) is 0 Å². The fourth-order valence-corrected chi connectivity index (χ4v) is 1.25. The van der Waals surface area contributed by atoms with Crippen molar-refractivity contribution in [2.75, 3.05) is 0 Å². The van der Waals surface area contributed by atoms with E-state index in [0.717, 1.165) is 6.07 Å². The van der Waals surface area contributed by atoms with E-state index in [1.807, 2.05) is 0 Å². The molecule has 0 aliphatic rings. The molecule has 0 unspecified atom stereocenters. The number of hydrogen-bond acceptors (Lipinski definition) is 3. The Labute approximate surface area is 78.4 Å². The number of benzene rings is 1. The van der Waals surface area contributed by atoms with Crippen molar-refractivity contribution in [2.24, 2.45) is 0 Å². The van der Waals surface area contributed by atoms with Gasteiger partial charge in [-0.25, -0.2) is 9.18 Å². The van der Waals surface area contributed by atoms with Crippen LogP contribution in [0, 0.1) is 12.7 Å². The average Bonchev–Trinajstić information content (AvgIpc) is 2.16. The van der Waals surface area contributed by atoms with E-state index >= 15 is 0 Å². The zero-order valence-electron chi connectivity index (χ0n) is 7.37. The van der Waals surface area contributed by atoms with Crippen molar-refractivity contribution in [3.05, 3.63) is 40.0 Å². The molecular weight excluding hydrogens is 187 g/mol. The van der Waals surface area contributed by atoms with Crippen LogP contribution >= 0.6 is 0 Å². The Morgan fingerprint density at radius 2 is 2.14 bits per heavy atom. The molecule has 1 aromatic heterocycles. The first-order valence-corrected chi connectivity index (χ1v) is 4.01. The third-order valence-electron chi connectivity index (χ3n) is 2.06. The summed E-state index contributed by atoms with van der Waals surface area (Å²) in [6.45, 7) is 1.42. The number of hydrogen-bond donors (Lipinski definition) is 1. The van der Waals surface area contributed by atoms with Crippen molar-refractivity contribution in [3.63, 3.8) is 0 Å². The molecule has 1 N–H and O–H groups in total. The van der Waals surface area contributed by atoms with Gasteiger partial charge >= 0.3 is 5.63 Å². The van der Waals surface area contributed by atoms with Crippen LogP contribution in [0.3, 0.4) is 0 Å². The maximum atomic E-state index is 12.8. The largest absolute Gasteiger partial charge is 0.507 e. The second-order valence-corrected chi connectivity index (χ2v) is 3.00. The van der Waals surface area contributed by atoms with Gasteiger partial charge in [0.15, 0.2) is 0 Å². The predicted molar refractivity (Wildman–Crippen MR) is 48.8 cm³/mol. The number of halogens is 1. The van der Waals surface area contributed by atoms with Gasteiger partial charge in [-0.05, 0) is 25.1 Å². The Kier molecular flexibility index (Phi) is 1.77. The van der Waals surface area contributed by atoms with Gasteiger partial charge in [0.1, 0.15) is 17.1 Å². The number of rotatable bonds is 0. The molecule has 2 rings (SSSR count). The summed E-state index contributed by atoms with van der Waals surface area (Å²) in [4.78, 5) is 11.1. The maximum absolute atomic E-state index is 12.8. The quantitative estimate of drug-likeness (QED) is 0.652. The molecule has 0 bridgehead atoms. The smallest absolute Gasteiger partial charge is 0.342 e. The molecule has 4 heteroatoms. The minimum Gasteiger partial charge on any atom is -0.507 e. The van der Waals surface area contributed by atoms with Crippen molar-refractivity contribution < 1.29 is 13.9 Å². The Hall–Kier alpha value is -1.84. The zero-order chi connectivity index (χ0) is 10.3. The number of fused-ring (bicyclic) bond motifs is 1. The van der Waals surface area contributed by atoms with E-state index in [-0.39, 0.29) is 22.3 Å². The maximum Gasteiger partial charge on any atom is 0.342 e. The Bertz CT molecular complexity index is 557. The second kappa shape index (κ2) is 2.83. The fraction of sp³-hybridized carbons (Fsp3) is 0.100. The summed E-state index contributed by atoms with van der Waals surface area (Å²) in [5.74, 6) is -0.711. The lowest BCUT2D eigenvalue weighted by molar-refractivity contribution is 0.460. The van der Waals surface area contributed by atoms with Crippen molar-refractivity contribution in [1.29, 1.82) is 0 Å². The Morgan fingerprint density at radius 3 is 2.86 bits per heavy atom. The Balaban J connectivity index is 2.99. The number of aromatic hydroxyl groups is 1. The lowest BCUT2D eigenvalue weighted by atomic mass is 10.1. The molecule has 0 saturated heterocycles. The first-order chi connectivity index (χ1) is 6.59. The molecule has 0 spiro atoms. The highest BCUT2D eigenvalue weighted by Gasteiger charge is 2.09. The van der Waals surface area contributed by atoms with Crippen LogP contribution in [0.15, 0.2) is 27.4 Å². The highest BCUT2D eigenvalue weighted by atomic mass is 19.1. The molecule has 0 aliphatic carbocycles. The van der Waals surface area contributed by atoms with Gasteiger partial charge in [-0.2, -0.15) is 0 Å². The monoisotopic (exact) mass is 194 g/mol. The molecule has 14 heavy (non-hydrogen) atoms. The van der Waals surface area contributed by atoms with E-state index in [4.69, 9.17) is 4.42 Å². The van der Waals surface area contributed by atoms with Crippen LogP contribution in [0.25, 0.3) is 11.0 Å². The van der Waals surface area contributed by atoms with E-state index < -0.39 is 11.4 Å². The molecule has 0 fully saturated rings. The van der Waals surface area contributed by atoms with Gasteiger partial charge in [0, 0.05) is 0 Å². The van der Waals surface area contributed by atoms with Crippen molar-refractivity contribution in [3.8, 4) is 5.75 Å². The van der Waals surface area contributed by atoms with E-state index in [1.165, 1.54) is 19.1 Å². The van der Waals surface area contributed by atoms with E-state index in [1.54, 1.807) is 0 Å². The molecular formula is C10H7FO3. The van der Waals surface area contributed by atoms with Gasteiger partial charge in [-0.3, -0.25) is 0 Å². The first-order valence-electron chi connectivity index (χ1n) is 4.01. The van der Waals surface area contributed by atoms with Crippen LogP contribution in [-0.2, 0) is 0 Å². The van der Waals surface area contributed by atoms with Gasteiger partial charge in [0.2, 0.25) is 0 Å². The summed E-state index contributed by atoms with van der Waals surface area (Å²) in [6.07, 6.45) is 0. The molecule has 1 heterocycles. The second-order valence-electron chi connectivity index (χ2n) is 3.00. The lowest BCUT2D eigenvalue weighted by Crippen LogP contribution is -2.02. The van der Waals surface area contributed by atoms with Crippen molar-refractivity contribution >= 4 is 11.0 Å². The third-order valence-corrected chi connectivity index (χ3v) is 2.06. The van der Waals surface area contributed by atoms with Gasteiger partial charge in [-0.15, -0.1) is 0 Å². The van der Waals surface area contributed by atoms with Gasteiger partial charge < -0.3 is 9.52 Å². The van der Waals surface area contributed by atoms with E-state index in [0.29, 0.717) is 0 Å². The van der Waals surface area contributed by atoms with Crippen LogP contribution in [0.4, 0.5) is 4.39 Å². The summed E-state index contributed by atoms with van der Waals surface area (Å²) in [5.41, 5.74) is -0.343. The highest BCUT2D eigenvalue weighted by molar-refractivity contribution is 5.83. The minimum atomic E-state index is -0.610. The van der Waals surface area contributed by atoms with E-state index in [9.17, 15) is 14.3 Å². The molecule has 72 valence electrons. The minimum absolute atomic E-state index is 0.0862. The normalized spacial score (nSPS) is 10.7. The van der Waals surface area contributed by atoms with Crippen LogP contribution in [0.5, 0.6) is 5.75 Å². The summed E-state index contributed by atoms with van der Waals surface area (Å²) in [6, 6.07) is 3.60. The van der Waals surface area contributed by atoms with E-state index in [2.05, 4.69) is 0 Å². The summed E-state index contributed by atoms with van der Waals surface area (Å²) in [5, 5.41) is 9.75. The molecule has 2 aromatic rings. The predicted octanol–water partition coefficient (Wildman–Crippen LogP) is 1.95. The van der Waals surface area contributed by atoms with Crippen LogP contribution in [0.1, 0.15) is 5.56 Å². The molecule has 1 aromatic carbocycles. The topological polar surface area (TPSA) is 50.4 Å². The van der Waals surface area contributed by atoms with Gasteiger partial charge in [0.05, 0.1) is 10.9 Å². The summed E-state index contributed by atoms with van der Waals surface area (Å²) in [7, 11) is 0. The fourth-order valence-electron chi connectivity index (χ4n) is 1.25. The molecule has 0 amide bonds. The SMILES string of the molecule is Cc1c(O)c2cc(F)ccc2oc1=O. The highest BCUT2D eigenvalue weighted by Crippen LogP contribution is 2.25. The lowest BCUT2D eigenvalue weighted by Gasteiger charge is -2.01. The average molecular weight is 194 g/mol. The van der Waals surface area contributed by atoms with Crippen molar-refractivity contribution in [2.45, 2.75) is 6.92 Å². The molecule has 0 atom stereocenters. The standard InChI is InChI=1S/C10H7FO3/c1-5-9(12)7-4-6(11)2-3-8(7)14-10(5)13/h2-4,12H,1H3. The van der Waals surface area contributed by atoms with Crippen molar-refractivity contribution in [1.82, 2.24) is 0 Å². The van der Waals surface area contributed by atoms with Crippen LogP contribution in [-0.4, -0.2) is 5.11 Å². The Morgan fingerprint density at radius 1 is 1.43 bits per heavy atom. The summed E-state index contributed by atoms with van der Waals surface area (Å²) >= 11 is 0. The zero-order valence-corrected chi connectivity index (χ0v) is 7.37. The third kappa shape index (κ3) is 1.16. The van der Waals surface area contributed by atoms with Crippen LogP contribution < -0.4 is 5.63 Å². The van der Waals surface area contributed by atoms with Gasteiger partial charge in [-0.1, -0.05) is 0 Å². The van der Waals surface area contributed by atoms with Gasteiger partial charge in [0.25, 0.3) is 0 Å². The molecule has 0 aliphatic heterocycles. The molecule has 0 radical (unpaired) electrons. The summed E-state index contributed by atoms with van der Waals surface area (Å²) < 4.78 is 17.7.